The van der Waals surface area contributed by atoms with Gasteiger partial charge < -0.3 is 5.32 Å². The van der Waals surface area contributed by atoms with Gasteiger partial charge in [0.1, 0.15) is 17.7 Å². The van der Waals surface area contributed by atoms with Crippen LogP contribution in [0.2, 0.25) is 0 Å². The molecular formula is C30H29F2N7. The third-order valence-electron chi connectivity index (χ3n) is 7.20. The van der Waals surface area contributed by atoms with E-state index in [0.29, 0.717) is 59.2 Å². The third kappa shape index (κ3) is 5.18. The van der Waals surface area contributed by atoms with Gasteiger partial charge in [-0.3, -0.25) is 4.98 Å². The minimum atomic E-state index is -2.51. The molecule has 39 heavy (non-hydrogen) atoms. The molecule has 198 valence electrons. The zero-order chi connectivity index (χ0) is 27.8. The van der Waals surface area contributed by atoms with Crippen molar-refractivity contribution in [2.75, 3.05) is 11.9 Å². The monoisotopic (exact) mass is 525 g/mol. The van der Waals surface area contributed by atoms with Crippen molar-refractivity contribution in [1.82, 2.24) is 20.0 Å². The normalized spacial score (nSPS) is 15.1. The molecule has 1 saturated carbocycles. The summed E-state index contributed by atoms with van der Waals surface area (Å²) in [4.78, 5) is 4.44. The number of halogens is 2. The van der Waals surface area contributed by atoms with E-state index >= 15 is 0 Å². The van der Waals surface area contributed by atoms with Crippen molar-refractivity contribution in [3.63, 3.8) is 0 Å². The Labute approximate surface area is 226 Å². The largest absolute Gasteiger partial charge is 0.383 e. The number of hydrogen-bond acceptors (Lipinski definition) is 6. The Kier molecular flexibility index (Phi) is 6.78. The van der Waals surface area contributed by atoms with E-state index in [1.165, 1.54) is 10.9 Å². The lowest BCUT2D eigenvalue weighted by molar-refractivity contribution is 0.0593. The molecule has 7 nitrogen and oxygen atoms in total. The lowest BCUT2D eigenvalue weighted by Crippen LogP contribution is -2.26. The molecule has 0 amide bonds. The van der Waals surface area contributed by atoms with Crippen molar-refractivity contribution in [2.45, 2.75) is 57.9 Å². The molecule has 1 aliphatic rings. The quantitative estimate of drug-likeness (QED) is 0.296. The number of fused-ring (bicyclic) bond motifs is 1. The molecule has 0 spiro atoms. The molecule has 0 unspecified atom stereocenters. The number of rotatable bonds is 8. The van der Waals surface area contributed by atoms with Gasteiger partial charge in [0, 0.05) is 30.2 Å². The van der Waals surface area contributed by atoms with Crippen LogP contribution in [0.1, 0.15) is 67.5 Å². The predicted molar refractivity (Wildman–Crippen MR) is 144 cm³/mol. The molecule has 4 aromatic rings. The Bertz CT molecular complexity index is 1590. The van der Waals surface area contributed by atoms with Crippen LogP contribution >= 0.6 is 0 Å². The first kappa shape index (κ1) is 26.2. The Morgan fingerprint density at radius 1 is 1.08 bits per heavy atom. The maximum atomic E-state index is 13.8. The fourth-order valence-corrected chi connectivity index (χ4v) is 4.84. The van der Waals surface area contributed by atoms with Crippen LogP contribution in [0.3, 0.4) is 0 Å². The summed E-state index contributed by atoms with van der Waals surface area (Å²) in [6.45, 7) is 6.91. The van der Waals surface area contributed by atoms with Gasteiger partial charge in [0.05, 0.1) is 28.0 Å². The molecular weight excluding hydrogens is 496 g/mol. The molecule has 0 bridgehead atoms. The second-order valence-corrected chi connectivity index (χ2v) is 11.4. The highest BCUT2D eigenvalue weighted by molar-refractivity contribution is 5.97. The fraction of sp³-hybridized carbons (Fsp3) is 0.367. The number of benzene rings is 2. The van der Waals surface area contributed by atoms with E-state index in [1.54, 1.807) is 12.3 Å². The molecule has 1 atom stereocenters. The lowest BCUT2D eigenvalue weighted by atomic mass is 9.88. The average molecular weight is 526 g/mol. The Hall–Kier alpha value is -4.37. The highest BCUT2D eigenvalue weighted by atomic mass is 19.3. The summed E-state index contributed by atoms with van der Waals surface area (Å²) in [6, 6.07) is 17.9. The Morgan fingerprint density at radius 3 is 2.41 bits per heavy atom. The Balaban J connectivity index is 1.60. The van der Waals surface area contributed by atoms with E-state index in [9.17, 15) is 19.3 Å². The van der Waals surface area contributed by atoms with Gasteiger partial charge in [0.25, 0.3) is 6.43 Å². The highest BCUT2D eigenvalue weighted by Crippen LogP contribution is 2.48. The first-order chi connectivity index (χ1) is 18.6. The van der Waals surface area contributed by atoms with Crippen molar-refractivity contribution in [2.24, 2.45) is 5.41 Å². The standard InChI is InChI=1S/C30H29F2N7/c1-29(2,3)18-36-27-22(15-34)16-35-26-21(14-33)11-19(13-24(26)27)12-23(20-7-5-4-6-8-20)25-17-39(38-37-25)30(9-10-30)28(31)32/h4-8,11,13,16-17,23,28H,9-10,12,18H2,1-3H3,(H,35,36)/t23-/m0/s1. The second kappa shape index (κ2) is 10.1. The van der Waals surface area contributed by atoms with Crippen molar-refractivity contribution >= 4 is 16.6 Å². The maximum absolute atomic E-state index is 13.8. The van der Waals surface area contributed by atoms with Gasteiger partial charge in [-0.05, 0) is 47.9 Å². The van der Waals surface area contributed by atoms with Gasteiger partial charge in [-0.2, -0.15) is 10.5 Å². The van der Waals surface area contributed by atoms with Crippen LogP contribution in [-0.4, -0.2) is 32.9 Å². The molecule has 2 heterocycles. The van der Waals surface area contributed by atoms with E-state index in [-0.39, 0.29) is 11.3 Å². The summed E-state index contributed by atoms with van der Waals surface area (Å²) in [5.74, 6) is -0.282. The van der Waals surface area contributed by atoms with E-state index < -0.39 is 12.0 Å². The summed E-state index contributed by atoms with van der Waals surface area (Å²) in [7, 11) is 0. The number of pyridine rings is 1. The SMILES string of the molecule is CC(C)(C)CNc1c(C#N)cnc2c(C#N)cc(C[C@@H](c3ccccc3)c3cn(C4(C(F)F)CC4)nn3)cc12. The summed E-state index contributed by atoms with van der Waals surface area (Å²) in [6.07, 6.45) is 1.81. The number of hydrogen-bond donors (Lipinski definition) is 1. The van der Waals surface area contributed by atoms with E-state index in [0.717, 1.165) is 11.1 Å². The molecule has 5 rings (SSSR count). The summed E-state index contributed by atoms with van der Waals surface area (Å²) in [5, 5.41) is 32.3. The molecule has 0 aliphatic heterocycles. The first-order valence-electron chi connectivity index (χ1n) is 12.9. The number of nitriles is 2. The number of alkyl halides is 2. The lowest BCUT2D eigenvalue weighted by Gasteiger charge is -2.22. The Morgan fingerprint density at radius 2 is 1.79 bits per heavy atom. The minimum absolute atomic E-state index is 0.0423. The van der Waals surface area contributed by atoms with Crippen molar-refractivity contribution in [3.8, 4) is 12.1 Å². The van der Waals surface area contributed by atoms with Crippen LogP contribution in [0.5, 0.6) is 0 Å². The molecule has 2 aromatic heterocycles. The van der Waals surface area contributed by atoms with E-state index in [4.69, 9.17) is 0 Å². The van der Waals surface area contributed by atoms with Gasteiger partial charge in [0.15, 0.2) is 0 Å². The molecule has 1 fully saturated rings. The average Bonchev–Trinajstić information content (AvgIpc) is 3.60. The number of nitrogens with zero attached hydrogens (tertiary/aromatic N) is 6. The highest BCUT2D eigenvalue weighted by Gasteiger charge is 2.54. The molecule has 0 radical (unpaired) electrons. The molecule has 9 heteroatoms. The number of nitrogens with one attached hydrogen (secondary N) is 1. The second-order valence-electron chi connectivity index (χ2n) is 11.4. The van der Waals surface area contributed by atoms with E-state index in [2.05, 4.69) is 53.5 Å². The minimum Gasteiger partial charge on any atom is -0.383 e. The molecule has 1 aliphatic carbocycles. The van der Waals surface area contributed by atoms with Crippen molar-refractivity contribution in [3.05, 3.63) is 82.8 Å². The summed E-state index contributed by atoms with van der Waals surface area (Å²) < 4.78 is 28.8. The van der Waals surface area contributed by atoms with Gasteiger partial charge in [0.2, 0.25) is 0 Å². The summed E-state index contributed by atoms with van der Waals surface area (Å²) in [5.41, 5.74) is 3.04. The van der Waals surface area contributed by atoms with Crippen LogP contribution in [0.4, 0.5) is 14.5 Å². The fourth-order valence-electron chi connectivity index (χ4n) is 4.84. The van der Waals surface area contributed by atoms with Crippen LogP contribution in [-0.2, 0) is 12.0 Å². The van der Waals surface area contributed by atoms with Gasteiger partial charge in [-0.25, -0.2) is 13.5 Å². The van der Waals surface area contributed by atoms with Crippen LogP contribution in [0.25, 0.3) is 10.9 Å². The van der Waals surface area contributed by atoms with Crippen molar-refractivity contribution < 1.29 is 8.78 Å². The summed E-state index contributed by atoms with van der Waals surface area (Å²) >= 11 is 0. The topological polar surface area (TPSA) is 103 Å². The third-order valence-corrected chi connectivity index (χ3v) is 7.20. The van der Waals surface area contributed by atoms with Crippen molar-refractivity contribution in [1.29, 1.82) is 10.5 Å². The van der Waals surface area contributed by atoms with Crippen LogP contribution in [0.15, 0.2) is 54.9 Å². The molecule has 2 aromatic carbocycles. The zero-order valence-electron chi connectivity index (χ0n) is 22.1. The number of aromatic nitrogens is 4. The smallest absolute Gasteiger partial charge is 0.263 e. The molecule has 0 saturated heterocycles. The first-order valence-corrected chi connectivity index (χ1v) is 12.9. The zero-order valence-corrected chi connectivity index (χ0v) is 22.1. The predicted octanol–water partition coefficient (Wildman–Crippen LogP) is 6.16. The molecule has 1 N–H and O–H groups in total. The maximum Gasteiger partial charge on any atom is 0.263 e. The van der Waals surface area contributed by atoms with Gasteiger partial charge in [-0.1, -0.05) is 56.3 Å². The number of anilines is 1. The van der Waals surface area contributed by atoms with Gasteiger partial charge in [-0.15, -0.1) is 5.10 Å². The van der Waals surface area contributed by atoms with E-state index in [1.807, 2.05) is 36.4 Å². The van der Waals surface area contributed by atoms with Gasteiger partial charge >= 0.3 is 0 Å². The van der Waals surface area contributed by atoms with Crippen LogP contribution in [0, 0.1) is 28.1 Å². The van der Waals surface area contributed by atoms with Crippen LogP contribution < -0.4 is 5.32 Å².